The maximum absolute atomic E-state index is 12.6. The third kappa shape index (κ3) is 3.39. The Kier molecular flexibility index (Phi) is 4.51. The van der Waals surface area contributed by atoms with Crippen LogP contribution in [0, 0.1) is 13.8 Å². The van der Waals surface area contributed by atoms with Crippen LogP contribution < -0.4 is 5.56 Å². The number of hydrogen-bond acceptors (Lipinski definition) is 4. The molecule has 0 aliphatic carbocycles. The molecule has 0 N–H and O–H groups in total. The zero-order valence-electron chi connectivity index (χ0n) is 14.4. The summed E-state index contributed by atoms with van der Waals surface area (Å²) >= 11 is 0. The van der Waals surface area contributed by atoms with Crippen molar-refractivity contribution in [1.29, 1.82) is 0 Å². The Morgan fingerprint density at radius 3 is 2.79 bits per heavy atom. The summed E-state index contributed by atoms with van der Waals surface area (Å²) in [5.41, 5.74) is 1.47. The summed E-state index contributed by atoms with van der Waals surface area (Å²) in [6, 6.07) is 3.11. The number of likely N-dealkylation sites (tertiary alicyclic amines) is 1. The predicted molar refractivity (Wildman–Crippen MR) is 89.7 cm³/mol. The van der Waals surface area contributed by atoms with Crippen molar-refractivity contribution in [1.82, 2.24) is 24.2 Å². The predicted octanol–water partition coefficient (Wildman–Crippen LogP) is 1.000. The van der Waals surface area contributed by atoms with E-state index in [-0.39, 0.29) is 23.9 Å². The van der Waals surface area contributed by atoms with E-state index < -0.39 is 0 Å². The van der Waals surface area contributed by atoms with Crippen LogP contribution in [0.3, 0.4) is 0 Å². The van der Waals surface area contributed by atoms with Crippen molar-refractivity contribution in [3.8, 4) is 0 Å². The highest BCUT2D eigenvalue weighted by Gasteiger charge is 2.27. The Bertz CT molecular complexity index is 808. The van der Waals surface area contributed by atoms with Gasteiger partial charge in [-0.05, 0) is 32.8 Å². The summed E-state index contributed by atoms with van der Waals surface area (Å²) < 4.78 is 3.28. The van der Waals surface area contributed by atoms with Crippen molar-refractivity contribution in [3.63, 3.8) is 0 Å². The molecule has 1 fully saturated rings. The van der Waals surface area contributed by atoms with Gasteiger partial charge in [0.05, 0.1) is 11.4 Å². The molecular weight excluding hydrogens is 306 g/mol. The number of hydrogen-bond donors (Lipinski definition) is 0. The van der Waals surface area contributed by atoms with E-state index in [4.69, 9.17) is 0 Å². The topological polar surface area (TPSA) is 73.0 Å². The minimum atomic E-state index is -0.248. The molecule has 0 bridgehead atoms. The molecule has 1 amide bonds. The van der Waals surface area contributed by atoms with Gasteiger partial charge in [-0.1, -0.05) is 0 Å². The number of amides is 1. The Balaban J connectivity index is 1.72. The standard InChI is InChI=1S/C17H23N5O2/c1-12-6-7-15(23)22(19-12)11-16(24)21-8-4-5-14(10-21)17-18-13(2)9-20(17)3/h6-7,9,14H,4-5,8,10-11H2,1-3H3. The summed E-state index contributed by atoms with van der Waals surface area (Å²) in [6.07, 6.45) is 3.97. The molecular formula is C17H23N5O2. The molecule has 0 aromatic carbocycles. The lowest BCUT2D eigenvalue weighted by atomic mass is 9.97. The quantitative estimate of drug-likeness (QED) is 0.842. The minimum absolute atomic E-state index is 0.00712. The third-order valence-electron chi connectivity index (χ3n) is 4.46. The van der Waals surface area contributed by atoms with Gasteiger partial charge in [-0.15, -0.1) is 0 Å². The second kappa shape index (κ2) is 6.59. The number of carbonyl (C=O) groups excluding carboxylic acids is 1. The van der Waals surface area contributed by atoms with Crippen molar-refractivity contribution in [2.75, 3.05) is 13.1 Å². The lowest BCUT2D eigenvalue weighted by Gasteiger charge is -2.32. The number of carbonyl (C=O) groups is 1. The lowest BCUT2D eigenvalue weighted by Crippen LogP contribution is -2.43. The SMILES string of the molecule is Cc1cn(C)c(C2CCCN(C(=O)Cn3nc(C)ccc3=O)C2)n1. The van der Waals surface area contributed by atoms with Crippen LogP contribution in [0.4, 0.5) is 0 Å². The molecule has 1 saturated heterocycles. The molecule has 7 heteroatoms. The molecule has 7 nitrogen and oxygen atoms in total. The zero-order valence-corrected chi connectivity index (χ0v) is 14.4. The fraction of sp³-hybridized carbons (Fsp3) is 0.529. The second-order valence-corrected chi connectivity index (χ2v) is 6.50. The normalized spacial score (nSPS) is 18.0. The molecule has 1 unspecified atom stereocenters. The van der Waals surface area contributed by atoms with E-state index in [1.165, 1.54) is 10.7 Å². The molecule has 2 aromatic heterocycles. The molecule has 0 radical (unpaired) electrons. The van der Waals surface area contributed by atoms with E-state index >= 15 is 0 Å². The van der Waals surface area contributed by atoms with Crippen LogP contribution in [0.5, 0.6) is 0 Å². The summed E-state index contributed by atoms with van der Waals surface area (Å²) in [6.45, 7) is 5.14. The van der Waals surface area contributed by atoms with Crippen LogP contribution in [0.25, 0.3) is 0 Å². The molecule has 1 aliphatic rings. The van der Waals surface area contributed by atoms with Crippen LogP contribution in [0.2, 0.25) is 0 Å². The van der Waals surface area contributed by atoms with Gasteiger partial charge in [0.1, 0.15) is 12.4 Å². The average Bonchev–Trinajstić information content (AvgIpc) is 2.89. The van der Waals surface area contributed by atoms with E-state index in [1.54, 1.807) is 13.0 Å². The van der Waals surface area contributed by atoms with E-state index in [9.17, 15) is 9.59 Å². The molecule has 1 aliphatic heterocycles. The maximum Gasteiger partial charge on any atom is 0.267 e. The first-order chi connectivity index (χ1) is 11.4. The molecule has 2 aromatic rings. The molecule has 24 heavy (non-hydrogen) atoms. The Labute approximate surface area is 140 Å². The molecule has 1 atom stereocenters. The number of piperidine rings is 1. The molecule has 3 heterocycles. The van der Waals surface area contributed by atoms with Crippen molar-refractivity contribution in [2.24, 2.45) is 7.05 Å². The van der Waals surface area contributed by atoms with E-state index in [2.05, 4.69) is 10.1 Å². The minimum Gasteiger partial charge on any atom is -0.340 e. The number of imidazole rings is 1. The Morgan fingerprint density at radius 1 is 1.29 bits per heavy atom. The van der Waals surface area contributed by atoms with Crippen molar-refractivity contribution in [3.05, 3.63) is 45.9 Å². The summed E-state index contributed by atoms with van der Waals surface area (Å²) in [5.74, 6) is 1.20. The van der Waals surface area contributed by atoms with E-state index in [0.717, 1.165) is 36.6 Å². The van der Waals surface area contributed by atoms with Crippen LogP contribution in [-0.4, -0.2) is 43.2 Å². The van der Waals surface area contributed by atoms with Gasteiger partial charge >= 0.3 is 0 Å². The zero-order chi connectivity index (χ0) is 17.3. The fourth-order valence-corrected chi connectivity index (χ4v) is 3.32. The monoisotopic (exact) mass is 329 g/mol. The first kappa shape index (κ1) is 16.4. The van der Waals surface area contributed by atoms with Crippen LogP contribution >= 0.6 is 0 Å². The Morgan fingerprint density at radius 2 is 2.08 bits per heavy atom. The molecule has 128 valence electrons. The number of aryl methyl sites for hydroxylation is 3. The average molecular weight is 329 g/mol. The van der Waals surface area contributed by atoms with Gasteiger partial charge in [0.15, 0.2) is 0 Å². The van der Waals surface area contributed by atoms with E-state index in [1.807, 2.05) is 29.6 Å². The van der Waals surface area contributed by atoms with E-state index in [0.29, 0.717) is 6.54 Å². The lowest BCUT2D eigenvalue weighted by molar-refractivity contribution is -0.133. The van der Waals surface area contributed by atoms with Gasteiger partial charge < -0.3 is 9.47 Å². The van der Waals surface area contributed by atoms with Gasteiger partial charge in [0.25, 0.3) is 5.56 Å². The van der Waals surface area contributed by atoms with Gasteiger partial charge in [0.2, 0.25) is 5.91 Å². The number of nitrogens with zero attached hydrogens (tertiary/aromatic N) is 5. The van der Waals surface area contributed by atoms with Gasteiger partial charge in [0, 0.05) is 38.3 Å². The van der Waals surface area contributed by atoms with Crippen molar-refractivity contribution in [2.45, 2.75) is 39.2 Å². The summed E-state index contributed by atoms with van der Waals surface area (Å²) in [5, 5.41) is 4.14. The van der Waals surface area contributed by atoms with Crippen LogP contribution in [0.1, 0.15) is 36.0 Å². The fourth-order valence-electron chi connectivity index (χ4n) is 3.32. The number of aromatic nitrogens is 4. The molecule has 0 spiro atoms. The maximum atomic E-state index is 12.6. The van der Waals surface area contributed by atoms with Gasteiger partial charge in [-0.3, -0.25) is 9.59 Å². The first-order valence-corrected chi connectivity index (χ1v) is 8.26. The Hall–Kier alpha value is -2.44. The van der Waals surface area contributed by atoms with Gasteiger partial charge in [-0.2, -0.15) is 5.10 Å². The largest absolute Gasteiger partial charge is 0.340 e. The van der Waals surface area contributed by atoms with Gasteiger partial charge in [-0.25, -0.2) is 9.67 Å². The summed E-state index contributed by atoms with van der Waals surface area (Å²) in [7, 11) is 1.99. The third-order valence-corrected chi connectivity index (χ3v) is 4.46. The second-order valence-electron chi connectivity index (χ2n) is 6.50. The highest BCUT2D eigenvalue weighted by atomic mass is 16.2. The van der Waals surface area contributed by atoms with Crippen molar-refractivity contribution >= 4 is 5.91 Å². The van der Waals surface area contributed by atoms with Crippen LogP contribution in [-0.2, 0) is 18.4 Å². The van der Waals surface area contributed by atoms with Crippen molar-refractivity contribution < 1.29 is 4.79 Å². The van der Waals surface area contributed by atoms with Crippen LogP contribution in [0.15, 0.2) is 23.1 Å². The molecule has 3 rings (SSSR count). The molecule has 0 saturated carbocycles. The smallest absolute Gasteiger partial charge is 0.267 e. The summed E-state index contributed by atoms with van der Waals surface area (Å²) in [4.78, 5) is 30.9. The highest BCUT2D eigenvalue weighted by molar-refractivity contribution is 5.76. The highest BCUT2D eigenvalue weighted by Crippen LogP contribution is 2.26. The number of rotatable bonds is 3. The first-order valence-electron chi connectivity index (χ1n) is 8.26.